The summed E-state index contributed by atoms with van der Waals surface area (Å²) in [6, 6.07) is 11.2. The maximum atomic E-state index is 12.1. The molecule has 2 heterocycles. The zero-order valence-electron chi connectivity index (χ0n) is 14.7. The van der Waals surface area contributed by atoms with Crippen LogP contribution in [0.25, 0.3) is 0 Å². The Morgan fingerprint density at radius 1 is 0.962 bits per heavy atom. The highest BCUT2D eigenvalue weighted by Crippen LogP contribution is 2.29. The summed E-state index contributed by atoms with van der Waals surface area (Å²) in [5, 5.41) is 15.0. The van der Waals surface area contributed by atoms with Gasteiger partial charge >= 0.3 is 6.03 Å². The van der Waals surface area contributed by atoms with Crippen molar-refractivity contribution in [3.8, 4) is 0 Å². The van der Waals surface area contributed by atoms with E-state index in [1.165, 1.54) is 11.3 Å². The second-order valence-corrected chi connectivity index (χ2v) is 8.68. The molecule has 0 fully saturated rings. The first-order chi connectivity index (χ1) is 12.4. The zero-order valence-corrected chi connectivity index (χ0v) is 16.3. The van der Waals surface area contributed by atoms with Crippen LogP contribution in [0, 0.1) is 0 Å². The number of carbonyl (C=O) groups is 1. The summed E-state index contributed by atoms with van der Waals surface area (Å²) in [7, 11) is 0. The zero-order chi connectivity index (χ0) is 18.6. The molecule has 2 amide bonds. The highest BCUT2D eigenvalue weighted by molar-refractivity contribution is 7.99. The van der Waals surface area contributed by atoms with E-state index >= 15 is 0 Å². The maximum absolute atomic E-state index is 12.1. The van der Waals surface area contributed by atoms with Gasteiger partial charge in [-0.3, -0.25) is 10.3 Å². The molecule has 0 spiro atoms. The Morgan fingerprint density at radius 2 is 1.62 bits per heavy atom. The molecule has 2 aromatic heterocycles. The Morgan fingerprint density at radius 3 is 2.23 bits per heavy atom. The first-order valence-corrected chi connectivity index (χ1v) is 9.63. The fourth-order valence-electron chi connectivity index (χ4n) is 1.98. The Kier molecular flexibility index (Phi) is 5.53. The van der Waals surface area contributed by atoms with Gasteiger partial charge < -0.3 is 5.32 Å². The van der Waals surface area contributed by atoms with E-state index in [9.17, 15) is 4.79 Å². The third kappa shape index (κ3) is 5.03. The summed E-state index contributed by atoms with van der Waals surface area (Å²) < 4.78 is 0. The molecule has 0 unspecified atom stereocenters. The van der Waals surface area contributed by atoms with Crippen LogP contribution in [-0.2, 0) is 5.41 Å². The lowest BCUT2D eigenvalue weighted by atomic mass is 9.98. The second kappa shape index (κ2) is 7.84. The van der Waals surface area contributed by atoms with Gasteiger partial charge in [0.25, 0.3) is 0 Å². The van der Waals surface area contributed by atoms with Crippen molar-refractivity contribution in [1.29, 1.82) is 0 Å². The molecule has 3 rings (SSSR count). The molecule has 3 aromatic rings. The van der Waals surface area contributed by atoms with Crippen LogP contribution < -0.4 is 10.6 Å². The minimum atomic E-state index is -0.337. The van der Waals surface area contributed by atoms with Crippen molar-refractivity contribution in [3.05, 3.63) is 53.8 Å². The normalized spacial score (nSPS) is 11.2. The Bertz CT molecular complexity index is 873. The Labute approximate surface area is 160 Å². The summed E-state index contributed by atoms with van der Waals surface area (Å²) in [4.78, 5) is 18.3. The van der Waals surface area contributed by atoms with E-state index in [4.69, 9.17) is 0 Å². The third-order valence-electron chi connectivity index (χ3n) is 3.28. The van der Waals surface area contributed by atoms with Gasteiger partial charge in [0.1, 0.15) is 5.01 Å². The molecule has 0 saturated heterocycles. The minimum Gasteiger partial charge on any atom is -0.308 e. The van der Waals surface area contributed by atoms with Gasteiger partial charge in [-0.25, -0.2) is 4.79 Å². The van der Waals surface area contributed by atoms with Gasteiger partial charge in [-0.2, -0.15) is 0 Å². The van der Waals surface area contributed by atoms with Crippen molar-refractivity contribution >= 4 is 39.9 Å². The van der Waals surface area contributed by atoms with Crippen LogP contribution in [0.3, 0.4) is 0 Å². The Hall–Kier alpha value is -2.45. The number of hydrogen-bond donors (Lipinski definition) is 2. The number of nitrogens with one attached hydrogen (secondary N) is 2. The number of hydrogen-bond acceptors (Lipinski definition) is 6. The summed E-state index contributed by atoms with van der Waals surface area (Å²) in [6.45, 7) is 6.18. The van der Waals surface area contributed by atoms with Crippen molar-refractivity contribution in [2.75, 3.05) is 10.6 Å². The number of benzene rings is 1. The van der Waals surface area contributed by atoms with Gasteiger partial charge in [0.15, 0.2) is 0 Å². The number of pyridine rings is 1. The van der Waals surface area contributed by atoms with E-state index in [0.29, 0.717) is 10.8 Å². The average Bonchev–Trinajstić information content (AvgIpc) is 3.06. The fraction of sp³-hybridized carbons (Fsp3) is 0.222. The van der Waals surface area contributed by atoms with Gasteiger partial charge in [0.05, 0.1) is 0 Å². The number of urea groups is 1. The predicted molar refractivity (Wildman–Crippen MR) is 106 cm³/mol. The van der Waals surface area contributed by atoms with Crippen molar-refractivity contribution < 1.29 is 4.79 Å². The molecular formula is C18H19N5OS2. The van der Waals surface area contributed by atoms with E-state index in [2.05, 4.69) is 46.6 Å². The van der Waals surface area contributed by atoms with Gasteiger partial charge in [-0.1, -0.05) is 43.9 Å². The number of carbonyl (C=O) groups excluding carboxylic acids is 1. The standard InChI is InChI=1S/C18H19N5OS2/c1-18(2,3)15-22-23-17(26-15)21-16(24)20-12-4-6-13(7-5-12)25-14-8-10-19-11-9-14/h4-11H,1-3H3,(H2,20,21,23,24). The number of rotatable bonds is 4. The van der Waals surface area contributed by atoms with Gasteiger partial charge in [0, 0.05) is 33.3 Å². The lowest BCUT2D eigenvalue weighted by Crippen LogP contribution is -2.19. The molecule has 0 aliphatic heterocycles. The lowest BCUT2D eigenvalue weighted by molar-refractivity contribution is 0.262. The molecule has 26 heavy (non-hydrogen) atoms. The molecule has 0 aliphatic rings. The molecule has 6 nitrogen and oxygen atoms in total. The summed E-state index contributed by atoms with van der Waals surface area (Å²) in [6.07, 6.45) is 3.53. The SMILES string of the molecule is CC(C)(C)c1nnc(NC(=O)Nc2ccc(Sc3ccncc3)cc2)s1. The Balaban J connectivity index is 1.57. The average molecular weight is 386 g/mol. The summed E-state index contributed by atoms with van der Waals surface area (Å²) >= 11 is 3.02. The molecule has 0 bridgehead atoms. The predicted octanol–water partition coefficient (Wildman–Crippen LogP) is 5.03. The van der Waals surface area contributed by atoms with Crippen molar-refractivity contribution in [1.82, 2.24) is 15.2 Å². The monoisotopic (exact) mass is 385 g/mol. The van der Waals surface area contributed by atoms with Crippen LogP contribution in [0.15, 0.2) is 58.6 Å². The molecule has 8 heteroatoms. The molecule has 0 saturated carbocycles. The van der Waals surface area contributed by atoms with Gasteiger partial charge in [-0.05, 0) is 36.4 Å². The fourth-order valence-corrected chi connectivity index (χ4v) is 3.58. The molecular weight excluding hydrogens is 366 g/mol. The first-order valence-electron chi connectivity index (χ1n) is 8.00. The second-order valence-electron chi connectivity index (χ2n) is 6.55. The maximum Gasteiger partial charge on any atom is 0.325 e. The highest BCUT2D eigenvalue weighted by Gasteiger charge is 2.20. The smallest absolute Gasteiger partial charge is 0.308 e. The van der Waals surface area contributed by atoms with Crippen molar-refractivity contribution in [2.24, 2.45) is 0 Å². The van der Waals surface area contributed by atoms with E-state index in [0.717, 1.165) is 14.8 Å². The van der Waals surface area contributed by atoms with E-state index in [1.807, 2.05) is 36.4 Å². The van der Waals surface area contributed by atoms with Crippen LogP contribution in [0.4, 0.5) is 15.6 Å². The van der Waals surface area contributed by atoms with Crippen LogP contribution >= 0.6 is 23.1 Å². The van der Waals surface area contributed by atoms with Gasteiger partial charge in [-0.15, -0.1) is 10.2 Å². The number of nitrogens with zero attached hydrogens (tertiary/aromatic N) is 3. The molecule has 2 N–H and O–H groups in total. The molecule has 134 valence electrons. The molecule has 1 aromatic carbocycles. The quantitative estimate of drug-likeness (QED) is 0.659. The summed E-state index contributed by atoms with van der Waals surface area (Å²) in [5.74, 6) is 0. The van der Waals surface area contributed by atoms with Crippen LogP contribution in [0.5, 0.6) is 0 Å². The minimum absolute atomic E-state index is 0.0869. The number of anilines is 2. The molecule has 0 atom stereocenters. The summed E-state index contributed by atoms with van der Waals surface area (Å²) in [5.41, 5.74) is 0.623. The van der Waals surface area contributed by atoms with E-state index < -0.39 is 0 Å². The highest BCUT2D eigenvalue weighted by atomic mass is 32.2. The number of aromatic nitrogens is 3. The third-order valence-corrected chi connectivity index (χ3v) is 5.56. The molecule has 0 aliphatic carbocycles. The van der Waals surface area contributed by atoms with Crippen LogP contribution in [-0.4, -0.2) is 21.2 Å². The largest absolute Gasteiger partial charge is 0.325 e. The van der Waals surface area contributed by atoms with Crippen LogP contribution in [0.1, 0.15) is 25.8 Å². The number of amides is 2. The lowest BCUT2D eigenvalue weighted by Gasteiger charge is -2.12. The van der Waals surface area contributed by atoms with Crippen molar-refractivity contribution in [2.45, 2.75) is 36.0 Å². The van der Waals surface area contributed by atoms with E-state index in [1.54, 1.807) is 24.2 Å². The van der Waals surface area contributed by atoms with Crippen molar-refractivity contribution in [3.63, 3.8) is 0 Å². The first kappa shape index (κ1) is 18.3. The van der Waals surface area contributed by atoms with E-state index in [-0.39, 0.29) is 11.4 Å². The topological polar surface area (TPSA) is 79.8 Å². The van der Waals surface area contributed by atoms with Gasteiger partial charge in [0.2, 0.25) is 5.13 Å². The van der Waals surface area contributed by atoms with Crippen LogP contribution in [0.2, 0.25) is 0 Å². The molecule has 0 radical (unpaired) electrons.